The molecule has 1 amide bonds. The highest BCUT2D eigenvalue weighted by Crippen LogP contribution is 2.45. The maximum Gasteiger partial charge on any atom is 0.244 e. The summed E-state index contributed by atoms with van der Waals surface area (Å²) in [5, 5.41) is 13.8. The summed E-state index contributed by atoms with van der Waals surface area (Å²) in [6.45, 7) is 0.211. The molecule has 22 heavy (non-hydrogen) atoms. The largest absolute Gasteiger partial charge is 0.465 e. The SMILES string of the molecule is O=C(/C=C/c1ccco1)NC[C@@](O)(c1ccccc1)C1CC1. The second kappa shape index (κ2) is 6.20. The van der Waals surface area contributed by atoms with Crippen LogP contribution in [0.1, 0.15) is 24.2 Å². The molecule has 0 spiro atoms. The number of nitrogens with one attached hydrogen (secondary N) is 1. The molecule has 0 unspecified atom stereocenters. The Balaban J connectivity index is 1.64. The molecule has 1 atom stereocenters. The molecule has 1 heterocycles. The average molecular weight is 297 g/mol. The van der Waals surface area contributed by atoms with Crippen molar-refractivity contribution in [1.29, 1.82) is 0 Å². The summed E-state index contributed by atoms with van der Waals surface area (Å²) in [4.78, 5) is 11.9. The van der Waals surface area contributed by atoms with Gasteiger partial charge in [-0.1, -0.05) is 30.3 Å². The summed E-state index contributed by atoms with van der Waals surface area (Å²) < 4.78 is 5.13. The first-order valence-corrected chi connectivity index (χ1v) is 7.46. The van der Waals surface area contributed by atoms with Gasteiger partial charge in [-0.25, -0.2) is 0 Å². The Labute approximate surface area is 129 Å². The lowest BCUT2D eigenvalue weighted by molar-refractivity contribution is -0.118. The van der Waals surface area contributed by atoms with Gasteiger partial charge in [0.15, 0.2) is 0 Å². The molecule has 0 aliphatic heterocycles. The lowest BCUT2D eigenvalue weighted by Crippen LogP contribution is -2.42. The first-order chi connectivity index (χ1) is 10.7. The monoisotopic (exact) mass is 297 g/mol. The van der Waals surface area contributed by atoms with Gasteiger partial charge in [0, 0.05) is 6.08 Å². The van der Waals surface area contributed by atoms with Crippen molar-refractivity contribution in [2.24, 2.45) is 5.92 Å². The van der Waals surface area contributed by atoms with E-state index in [2.05, 4.69) is 5.32 Å². The van der Waals surface area contributed by atoms with Crippen molar-refractivity contribution in [3.63, 3.8) is 0 Å². The molecule has 1 aliphatic rings. The number of amides is 1. The van der Waals surface area contributed by atoms with Gasteiger partial charge in [0.05, 0.1) is 12.8 Å². The number of carbonyl (C=O) groups is 1. The zero-order chi connectivity index (χ0) is 15.4. The van der Waals surface area contributed by atoms with Gasteiger partial charge in [-0.2, -0.15) is 0 Å². The molecule has 2 aromatic rings. The first kappa shape index (κ1) is 14.6. The smallest absolute Gasteiger partial charge is 0.244 e. The highest BCUT2D eigenvalue weighted by molar-refractivity contribution is 5.91. The Hall–Kier alpha value is -2.33. The van der Waals surface area contributed by atoms with E-state index < -0.39 is 5.60 Å². The zero-order valence-electron chi connectivity index (χ0n) is 12.2. The van der Waals surface area contributed by atoms with Crippen LogP contribution in [-0.2, 0) is 10.4 Å². The summed E-state index contributed by atoms with van der Waals surface area (Å²) >= 11 is 0. The van der Waals surface area contributed by atoms with E-state index in [1.165, 1.54) is 6.08 Å². The van der Waals surface area contributed by atoms with Crippen molar-refractivity contribution in [3.8, 4) is 0 Å². The van der Waals surface area contributed by atoms with Gasteiger partial charge in [-0.15, -0.1) is 0 Å². The summed E-state index contributed by atoms with van der Waals surface area (Å²) in [7, 11) is 0. The minimum Gasteiger partial charge on any atom is -0.465 e. The predicted octanol–water partition coefficient (Wildman–Crippen LogP) is 2.71. The minimum absolute atomic E-state index is 0.211. The van der Waals surface area contributed by atoms with E-state index in [-0.39, 0.29) is 18.4 Å². The molecule has 3 rings (SSSR count). The van der Waals surface area contributed by atoms with E-state index in [9.17, 15) is 9.90 Å². The summed E-state index contributed by atoms with van der Waals surface area (Å²) in [6.07, 6.45) is 6.55. The van der Waals surface area contributed by atoms with Crippen molar-refractivity contribution >= 4 is 12.0 Å². The van der Waals surface area contributed by atoms with Crippen LogP contribution in [0.3, 0.4) is 0 Å². The van der Waals surface area contributed by atoms with Crippen molar-refractivity contribution in [1.82, 2.24) is 5.32 Å². The van der Waals surface area contributed by atoms with Gasteiger partial charge in [0.2, 0.25) is 5.91 Å². The molecule has 0 saturated heterocycles. The van der Waals surface area contributed by atoms with Crippen LogP contribution < -0.4 is 5.32 Å². The van der Waals surface area contributed by atoms with Gasteiger partial charge >= 0.3 is 0 Å². The van der Waals surface area contributed by atoms with E-state index in [1.807, 2.05) is 30.3 Å². The van der Waals surface area contributed by atoms with Crippen LogP contribution in [0.4, 0.5) is 0 Å². The number of hydrogen-bond donors (Lipinski definition) is 2. The third-order valence-electron chi connectivity index (χ3n) is 4.00. The van der Waals surface area contributed by atoms with Crippen molar-refractivity contribution < 1.29 is 14.3 Å². The predicted molar refractivity (Wildman–Crippen MR) is 83.8 cm³/mol. The number of furan rings is 1. The van der Waals surface area contributed by atoms with Crippen LogP contribution >= 0.6 is 0 Å². The molecular formula is C18H19NO3. The number of aliphatic hydroxyl groups is 1. The molecular weight excluding hydrogens is 278 g/mol. The third-order valence-corrected chi connectivity index (χ3v) is 4.00. The van der Waals surface area contributed by atoms with E-state index >= 15 is 0 Å². The van der Waals surface area contributed by atoms with Crippen LogP contribution in [0.25, 0.3) is 6.08 Å². The van der Waals surface area contributed by atoms with Gasteiger partial charge in [-0.05, 0) is 42.5 Å². The normalized spacial score (nSPS) is 17.3. The van der Waals surface area contributed by atoms with Crippen LogP contribution in [0.2, 0.25) is 0 Å². The number of benzene rings is 1. The number of rotatable bonds is 6. The van der Waals surface area contributed by atoms with Gasteiger partial charge < -0.3 is 14.8 Å². The van der Waals surface area contributed by atoms with E-state index in [1.54, 1.807) is 24.5 Å². The fraction of sp³-hybridized carbons (Fsp3) is 0.278. The maximum atomic E-state index is 11.9. The van der Waals surface area contributed by atoms with Crippen LogP contribution in [0.5, 0.6) is 0 Å². The van der Waals surface area contributed by atoms with Crippen molar-refractivity contribution in [2.45, 2.75) is 18.4 Å². The van der Waals surface area contributed by atoms with E-state index in [4.69, 9.17) is 4.42 Å². The zero-order valence-corrected chi connectivity index (χ0v) is 12.2. The summed E-state index contributed by atoms with van der Waals surface area (Å²) in [5.74, 6) is 0.589. The molecule has 1 fully saturated rings. The minimum atomic E-state index is -0.991. The standard InChI is InChI=1S/C18H19NO3/c20-17(11-10-16-7-4-12-22-16)19-13-18(21,15-8-9-15)14-5-2-1-3-6-14/h1-7,10-12,15,21H,8-9,13H2,(H,19,20)/b11-10+/t18-/m1/s1. The molecule has 0 bridgehead atoms. The Kier molecular flexibility index (Phi) is 4.11. The fourth-order valence-corrected chi connectivity index (χ4v) is 2.59. The second-order valence-electron chi connectivity index (χ2n) is 5.63. The van der Waals surface area contributed by atoms with Crippen LogP contribution in [0, 0.1) is 5.92 Å². The average Bonchev–Trinajstić information content (AvgIpc) is 3.29. The molecule has 4 heteroatoms. The number of hydrogen-bond acceptors (Lipinski definition) is 3. The topological polar surface area (TPSA) is 62.5 Å². The molecule has 1 aromatic carbocycles. The molecule has 0 radical (unpaired) electrons. The number of carbonyl (C=O) groups excluding carboxylic acids is 1. The van der Waals surface area contributed by atoms with Gasteiger partial charge in [-0.3, -0.25) is 4.79 Å². The fourth-order valence-electron chi connectivity index (χ4n) is 2.59. The molecule has 1 saturated carbocycles. The molecule has 4 nitrogen and oxygen atoms in total. The van der Waals surface area contributed by atoms with Crippen molar-refractivity contribution in [2.75, 3.05) is 6.54 Å². The highest BCUT2D eigenvalue weighted by atomic mass is 16.3. The Morgan fingerprint density at radius 3 is 2.68 bits per heavy atom. The Morgan fingerprint density at radius 1 is 1.27 bits per heavy atom. The lowest BCUT2D eigenvalue weighted by atomic mass is 9.88. The van der Waals surface area contributed by atoms with Gasteiger partial charge in [0.1, 0.15) is 11.4 Å². The van der Waals surface area contributed by atoms with Crippen LogP contribution in [0.15, 0.2) is 59.2 Å². The third kappa shape index (κ3) is 3.28. The second-order valence-corrected chi connectivity index (χ2v) is 5.63. The van der Waals surface area contributed by atoms with E-state index in [0.717, 1.165) is 18.4 Å². The Morgan fingerprint density at radius 2 is 2.05 bits per heavy atom. The van der Waals surface area contributed by atoms with Crippen LogP contribution in [-0.4, -0.2) is 17.6 Å². The molecule has 1 aromatic heterocycles. The van der Waals surface area contributed by atoms with E-state index in [0.29, 0.717) is 5.76 Å². The molecule has 2 N–H and O–H groups in total. The Bertz CT molecular complexity index is 644. The quantitative estimate of drug-likeness (QED) is 0.806. The summed E-state index contributed by atoms with van der Waals surface area (Å²) in [5.41, 5.74) is -0.136. The summed E-state index contributed by atoms with van der Waals surface area (Å²) in [6, 6.07) is 13.1. The molecule has 1 aliphatic carbocycles. The van der Waals surface area contributed by atoms with Crippen molar-refractivity contribution in [3.05, 3.63) is 66.1 Å². The molecule has 114 valence electrons. The lowest BCUT2D eigenvalue weighted by Gasteiger charge is -2.29. The van der Waals surface area contributed by atoms with Gasteiger partial charge in [0.25, 0.3) is 0 Å². The first-order valence-electron chi connectivity index (χ1n) is 7.46. The maximum absolute atomic E-state index is 11.9. The highest BCUT2D eigenvalue weighted by Gasteiger charge is 2.45.